The minimum absolute atomic E-state index is 0.206. The van der Waals surface area contributed by atoms with Gasteiger partial charge in [0.05, 0.1) is 22.0 Å². The molecule has 1 N–H and O–H groups in total. The summed E-state index contributed by atoms with van der Waals surface area (Å²) in [4.78, 5) is 17.8. The molecule has 0 amide bonds. The van der Waals surface area contributed by atoms with Crippen molar-refractivity contribution in [3.63, 3.8) is 0 Å². The predicted octanol–water partition coefficient (Wildman–Crippen LogP) is 3.85. The Morgan fingerprint density at radius 1 is 1.13 bits per heavy atom. The predicted molar refractivity (Wildman–Crippen MR) is 128 cm³/mol. The van der Waals surface area contributed by atoms with Crippen LogP contribution in [-0.2, 0) is 5.41 Å². The van der Waals surface area contributed by atoms with Gasteiger partial charge in [0, 0.05) is 0 Å². The first kappa shape index (κ1) is 20.5. The molecule has 2 aromatic carbocycles. The zero-order valence-corrected chi connectivity index (χ0v) is 18.6. The zero-order valence-electron chi connectivity index (χ0n) is 18.6. The van der Waals surface area contributed by atoms with E-state index in [9.17, 15) is 4.79 Å². The first-order valence-electron chi connectivity index (χ1n) is 11.8. The number of fused-ring (bicyclic) bond motifs is 5. The number of hydrogen-bond donors (Lipinski definition) is 1. The standard InChI is InChI=1S/C26H30BN3O/c1-3-12-26(13-4-2)19-16-18(17-10-14-28-15-11-17)8-9-21(19)30-22-7-5-6-20(27)23(22)24(31)29-25(26)30/h5-9,16-17,28H,3-4,10-15H2,1-2H3. The summed E-state index contributed by atoms with van der Waals surface area (Å²) in [7, 11) is 6.22. The number of rotatable bonds is 5. The summed E-state index contributed by atoms with van der Waals surface area (Å²) >= 11 is 0. The van der Waals surface area contributed by atoms with Crippen molar-refractivity contribution in [1.29, 1.82) is 0 Å². The Morgan fingerprint density at radius 3 is 2.58 bits per heavy atom. The second-order valence-electron chi connectivity index (χ2n) is 9.20. The second-order valence-corrected chi connectivity index (χ2v) is 9.20. The Balaban J connectivity index is 1.82. The van der Waals surface area contributed by atoms with Crippen LogP contribution in [0.2, 0.25) is 0 Å². The molecule has 1 fully saturated rings. The van der Waals surface area contributed by atoms with Crippen molar-refractivity contribution in [1.82, 2.24) is 14.9 Å². The molecule has 0 unspecified atom stereocenters. The van der Waals surface area contributed by atoms with Crippen LogP contribution in [0.1, 0.15) is 75.2 Å². The van der Waals surface area contributed by atoms with E-state index >= 15 is 0 Å². The maximum absolute atomic E-state index is 13.1. The lowest BCUT2D eigenvalue weighted by Crippen LogP contribution is -2.31. The minimum Gasteiger partial charge on any atom is -0.317 e. The third-order valence-electron chi connectivity index (χ3n) is 7.32. The van der Waals surface area contributed by atoms with Crippen molar-refractivity contribution < 1.29 is 0 Å². The number of nitrogens with zero attached hydrogens (tertiary/aromatic N) is 2. The van der Waals surface area contributed by atoms with Gasteiger partial charge in [-0.25, -0.2) is 0 Å². The van der Waals surface area contributed by atoms with E-state index in [4.69, 9.17) is 12.8 Å². The minimum atomic E-state index is -0.223. The van der Waals surface area contributed by atoms with Crippen LogP contribution in [0.3, 0.4) is 0 Å². The summed E-state index contributed by atoms with van der Waals surface area (Å²) in [6, 6.07) is 12.7. The van der Waals surface area contributed by atoms with E-state index in [1.54, 1.807) is 6.07 Å². The lowest BCUT2D eigenvalue weighted by atomic mass is 9.73. The van der Waals surface area contributed by atoms with Crippen molar-refractivity contribution in [3.05, 3.63) is 63.7 Å². The largest absolute Gasteiger partial charge is 0.317 e. The summed E-state index contributed by atoms with van der Waals surface area (Å²) in [5, 5.41) is 4.01. The monoisotopic (exact) mass is 411 g/mol. The molecule has 2 radical (unpaired) electrons. The lowest BCUT2D eigenvalue weighted by molar-refractivity contribution is 0.413. The quantitative estimate of drug-likeness (QED) is 0.649. The first-order chi connectivity index (χ1) is 15.1. The summed E-state index contributed by atoms with van der Waals surface area (Å²) in [5.74, 6) is 1.49. The average Bonchev–Trinajstić information content (AvgIpc) is 3.04. The highest BCUT2D eigenvalue weighted by atomic mass is 16.1. The molecular weight excluding hydrogens is 381 g/mol. The van der Waals surface area contributed by atoms with E-state index in [2.05, 4.69) is 41.9 Å². The summed E-state index contributed by atoms with van der Waals surface area (Å²) in [5.41, 5.74) is 4.88. The van der Waals surface area contributed by atoms with Gasteiger partial charge in [0.1, 0.15) is 13.7 Å². The van der Waals surface area contributed by atoms with Crippen LogP contribution in [0.4, 0.5) is 0 Å². The molecule has 0 bridgehead atoms. The number of hydrogen-bond acceptors (Lipinski definition) is 3. The van der Waals surface area contributed by atoms with Gasteiger partial charge in [0.2, 0.25) is 0 Å². The van der Waals surface area contributed by atoms with Gasteiger partial charge in [-0.05, 0) is 68.0 Å². The zero-order chi connectivity index (χ0) is 21.6. The van der Waals surface area contributed by atoms with Crippen LogP contribution in [-0.4, -0.2) is 30.5 Å². The molecule has 2 aliphatic rings. The highest BCUT2D eigenvalue weighted by Gasteiger charge is 2.45. The molecule has 5 rings (SSSR count). The van der Waals surface area contributed by atoms with E-state index in [0.717, 1.165) is 55.8 Å². The average molecular weight is 411 g/mol. The van der Waals surface area contributed by atoms with Gasteiger partial charge in [-0.1, -0.05) is 56.4 Å². The van der Waals surface area contributed by atoms with Gasteiger partial charge in [0.15, 0.2) is 0 Å². The summed E-state index contributed by atoms with van der Waals surface area (Å²) in [6.07, 6.45) is 6.42. The van der Waals surface area contributed by atoms with Gasteiger partial charge >= 0.3 is 0 Å². The molecular formula is C26H30BN3O. The molecule has 1 aromatic heterocycles. The van der Waals surface area contributed by atoms with Crippen LogP contribution in [0, 0.1) is 0 Å². The Kier molecular flexibility index (Phi) is 5.25. The topological polar surface area (TPSA) is 46.9 Å². The van der Waals surface area contributed by atoms with Crippen molar-refractivity contribution >= 4 is 24.2 Å². The Labute approximate surface area is 185 Å². The molecule has 0 spiro atoms. The van der Waals surface area contributed by atoms with Crippen LogP contribution in [0.15, 0.2) is 41.2 Å². The van der Waals surface area contributed by atoms with Crippen molar-refractivity contribution in [2.24, 2.45) is 0 Å². The molecule has 1 saturated heterocycles. The van der Waals surface area contributed by atoms with Gasteiger partial charge in [-0.15, -0.1) is 0 Å². The number of aromatic nitrogens is 2. The second kappa shape index (κ2) is 7.94. The van der Waals surface area contributed by atoms with Gasteiger partial charge < -0.3 is 5.32 Å². The molecule has 0 saturated carbocycles. The Bertz CT molecular complexity index is 1190. The molecule has 3 heterocycles. The SMILES string of the molecule is [B]c1cccc2c1c(=O)nc1n2-c2ccc(C3CCNCC3)cc2C1(CCC)CCC. The van der Waals surface area contributed by atoms with Crippen molar-refractivity contribution in [2.45, 2.75) is 63.7 Å². The number of piperidine rings is 1. The Hall–Kier alpha value is -2.40. The molecule has 4 nitrogen and oxygen atoms in total. The van der Waals surface area contributed by atoms with E-state index in [0.29, 0.717) is 16.8 Å². The molecule has 0 atom stereocenters. The first-order valence-corrected chi connectivity index (χ1v) is 11.8. The number of nitrogens with one attached hydrogen (secondary N) is 1. The fraction of sp³-hybridized carbons (Fsp3) is 0.462. The highest BCUT2D eigenvalue weighted by molar-refractivity contribution is 6.38. The van der Waals surface area contributed by atoms with Crippen LogP contribution in [0.5, 0.6) is 0 Å². The highest BCUT2D eigenvalue weighted by Crippen LogP contribution is 2.49. The normalized spacial score (nSPS) is 17.6. The maximum atomic E-state index is 13.1. The molecule has 158 valence electrons. The third-order valence-corrected chi connectivity index (χ3v) is 7.32. The fourth-order valence-corrected chi connectivity index (χ4v) is 5.99. The number of benzene rings is 2. The lowest BCUT2D eigenvalue weighted by Gasteiger charge is -2.30. The molecule has 2 aliphatic heterocycles. The van der Waals surface area contributed by atoms with Gasteiger partial charge in [-0.2, -0.15) is 4.98 Å². The van der Waals surface area contributed by atoms with Crippen LogP contribution in [0.25, 0.3) is 16.6 Å². The smallest absolute Gasteiger partial charge is 0.280 e. The van der Waals surface area contributed by atoms with Crippen LogP contribution < -0.4 is 16.3 Å². The molecule has 3 aromatic rings. The summed E-state index contributed by atoms with van der Waals surface area (Å²) < 4.78 is 2.22. The van der Waals surface area contributed by atoms with E-state index in [-0.39, 0.29) is 11.0 Å². The van der Waals surface area contributed by atoms with E-state index < -0.39 is 0 Å². The molecule has 0 aliphatic carbocycles. The third kappa shape index (κ3) is 3.08. The van der Waals surface area contributed by atoms with Crippen molar-refractivity contribution in [2.75, 3.05) is 13.1 Å². The van der Waals surface area contributed by atoms with E-state index in [1.165, 1.54) is 24.0 Å². The Morgan fingerprint density at radius 2 is 1.87 bits per heavy atom. The van der Waals surface area contributed by atoms with E-state index in [1.807, 2.05) is 12.1 Å². The maximum Gasteiger partial charge on any atom is 0.280 e. The fourth-order valence-electron chi connectivity index (χ4n) is 5.99. The molecule has 5 heteroatoms. The molecule has 31 heavy (non-hydrogen) atoms. The van der Waals surface area contributed by atoms with Crippen molar-refractivity contribution in [3.8, 4) is 5.69 Å². The summed E-state index contributed by atoms with van der Waals surface area (Å²) in [6.45, 7) is 6.62. The van der Waals surface area contributed by atoms with Gasteiger partial charge in [-0.3, -0.25) is 9.36 Å². The van der Waals surface area contributed by atoms with Gasteiger partial charge in [0.25, 0.3) is 5.56 Å². The van der Waals surface area contributed by atoms with Crippen LogP contribution >= 0.6 is 0 Å².